The Hall–Kier alpha value is -1.16. The average Bonchev–Trinajstić information content (AvgIpc) is 2.42. The molecule has 20 heavy (non-hydrogen) atoms. The maximum Gasteiger partial charge on any atom is 0.0656 e. The lowest BCUT2D eigenvalue weighted by molar-refractivity contribution is 0.0190. The van der Waals surface area contributed by atoms with Crippen LogP contribution in [0.15, 0.2) is 24.3 Å². The van der Waals surface area contributed by atoms with Crippen molar-refractivity contribution in [3.05, 3.63) is 41.0 Å². The lowest BCUT2D eigenvalue weighted by Gasteiger charge is -2.28. The first kappa shape index (κ1) is 16.9. The van der Waals surface area contributed by atoms with Crippen LogP contribution in [0.4, 0.5) is 0 Å². The maximum absolute atomic E-state index is 10.4. The van der Waals surface area contributed by atoms with Gasteiger partial charge in [0.15, 0.2) is 0 Å². The lowest BCUT2D eigenvalue weighted by Crippen LogP contribution is -2.31. The summed E-state index contributed by atoms with van der Waals surface area (Å²) in [6, 6.07) is 6.06. The zero-order chi connectivity index (χ0) is 15.3. The van der Waals surface area contributed by atoms with E-state index in [1.54, 1.807) is 13.0 Å². The Morgan fingerprint density at radius 1 is 1.15 bits per heavy atom. The molecule has 0 saturated carbocycles. The predicted octanol–water partition coefficient (Wildman–Crippen LogP) is 2.48. The van der Waals surface area contributed by atoms with Gasteiger partial charge in [0.25, 0.3) is 0 Å². The molecule has 1 aromatic rings. The highest BCUT2D eigenvalue weighted by Gasteiger charge is 2.26. The summed E-state index contributed by atoms with van der Waals surface area (Å²) in [7, 11) is 0. The van der Waals surface area contributed by atoms with Gasteiger partial charge >= 0.3 is 0 Å². The normalized spacial score (nSPS) is 17.9. The Bertz CT molecular complexity index is 452. The van der Waals surface area contributed by atoms with Gasteiger partial charge in [0, 0.05) is 11.8 Å². The first-order valence-electron chi connectivity index (χ1n) is 7.12. The topological polar surface area (TPSA) is 60.7 Å². The van der Waals surface area contributed by atoms with Crippen molar-refractivity contribution in [3.8, 4) is 0 Å². The molecule has 0 bridgehead atoms. The second-order valence-electron chi connectivity index (χ2n) is 5.60. The van der Waals surface area contributed by atoms with E-state index in [4.69, 9.17) is 5.11 Å². The van der Waals surface area contributed by atoms with Gasteiger partial charge in [-0.05, 0) is 25.0 Å². The minimum absolute atomic E-state index is 0.00556. The van der Waals surface area contributed by atoms with Gasteiger partial charge in [-0.25, -0.2) is 0 Å². The fourth-order valence-electron chi connectivity index (χ4n) is 2.36. The monoisotopic (exact) mass is 278 g/mol. The molecule has 3 N–H and O–H groups in total. The van der Waals surface area contributed by atoms with Gasteiger partial charge in [-0.2, -0.15) is 0 Å². The molecule has 0 spiro atoms. The largest absolute Gasteiger partial charge is 0.393 e. The van der Waals surface area contributed by atoms with Gasteiger partial charge in [0.1, 0.15) is 0 Å². The van der Waals surface area contributed by atoms with Crippen molar-refractivity contribution in [3.63, 3.8) is 0 Å². The second-order valence-corrected chi connectivity index (χ2v) is 5.60. The van der Waals surface area contributed by atoms with E-state index in [2.05, 4.69) is 0 Å². The molecule has 0 aromatic heterocycles. The van der Waals surface area contributed by atoms with E-state index in [1.165, 1.54) is 0 Å². The molecule has 112 valence electrons. The highest BCUT2D eigenvalue weighted by molar-refractivity contribution is 5.56. The summed E-state index contributed by atoms with van der Waals surface area (Å²) in [5.74, 6) is -0.278. The third-order valence-electron chi connectivity index (χ3n) is 3.95. The lowest BCUT2D eigenvalue weighted by atomic mass is 9.83. The number of hydrogen-bond acceptors (Lipinski definition) is 3. The van der Waals surface area contributed by atoms with Crippen LogP contribution in [0.25, 0.3) is 6.08 Å². The second kappa shape index (κ2) is 7.58. The van der Waals surface area contributed by atoms with Crippen LogP contribution in [-0.2, 0) is 0 Å². The molecule has 1 rings (SSSR count). The minimum Gasteiger partial charge on any atom is -0.393 e. The highest BCUT2D eigenvalue weighted by atomic mass is 16.3. The van der Waals surface area contributed by atoms with Crippen molar-refractivity contribution in [1.29, 1.82) is 0 Å². The zero-order valence-corrected chi connectivity index (χ0v) is 12.7. The van der Waals surface area contributed by atoms with Crippen LogP contribution in [0, 0.1) is 12.8 Å². The molecule has 0 unspecified atom stereocenters. The summed E-state index contributed by atoms with van der Waals surface area (Å²) in [6.07, 6.45) is 2.40. The molecular formula is C17H26O3. The van der Waals surface area contributed by atoms with Crippen LogP contribution in [-0.4, -0.2) is 34.1 Å². The molecule has 0 heterocycles. The number of benzene rings is 1. The first-order valence-corrected chi connectivity index (χ1v) is 7.12. The summed E-state index contributed by atoms with van der Waals surface area (Å²) in [4.78, 5) is 0. The van der Waals surface area contributed by atoms with E-state index in [9.17, 15) is 10.2 Å². The quantitative estimate of drug-likeness (QED) is 0.749. The van der Waals surface area contributed by atoms with E-state index in [0.29, 0.717) is 0 Å². The average molecular weight is 278 g/mol. The third kappa shape index (κ3) is 4.17. The number of aryl methyl sites for hydroxylation is 1. The van der Waals surface area contributed by atoms with Crippen LogP contribution >= 0.6 is 0 Å². The standard InChI is InChI=1S/C17H26O3/c1-11-7-8-16(15(10-11)6-5-9-18)13(3)17(20)12(2)14(4)19/h5-8,10,12-14,17-20H,9H2,1-4H3/b6-5+/t12-,13+,14+,17+/m1/s1. The number of aliphatic hydroxyl groups is 3. The van der Waals surface area contributed by atoms with Crippen LogP contribution in [0.5, 0.6) is 0 Å². The SMILES string of the molecule is Cc1ccc([C@H](C)[C@@H](O)[C@H](C)[C@H](C)O)c(/C=C/CO)c1. The summed E-state index contributed by atoms with van der Waals surface area (Å²) in [5.41, 5.74) is 3.17. The number of rotatable bonds is 6. The van der Waals surface area contributed by atoms with Crippen molar-refractivity contribution in [1.82, 2.24) is 0 Å². The molecule has 0 aliphatic rings. The Morgan fingerprint density at radius 3 is 2.35 bits per heavy atom. The number of hydrogen-bond donors (Lipinski definition) is 3. The van der Waals surface area contributed by atoms with Crippen LogP contribution < -0.4 is 0 Å². The first-order chi connectivity index (χ1) is 9.38. The molecule has 0 saturated heterocycles. The zero-order valence-electron chi connectivity index (χ0n) is 12.7. The maximum atomic E-state index is 10.4. The van der Waals surface area contributed by atoms with Gasteiger partial charge in [-0.15, -0.1) is 0 Å². The molecule has 0 aliphatic heterocycles. The summed E-state index contributed by atoms with van der Waals surface area (Å²) < 4.78 is 0. The van der Waals surface area contributed by atoms with Gasteiger partial charge < -0.3 is 15.3 Å². The molecule has 0 fully saturated rings. The van der Waals surface area contributed by atoms with Crippen molar-refractivity contribution < 1.29 is 15.3 Å². The fourth-order valence-corrected chi connectivity index (χ4v) is 2.36. The van der Waals surface area contributed by atoms with Gasteiger partial charge in [-0.1, -0.05) is 49.8 Å². The van der Waals surface area contributed by atoms with Crippen LogP contribution in [0.1, 0.15) is 43.4 Å². The Balaban J connectivity index is 3.08. The summed E-state index contributed by atoms with van der Waals surface area (Å²) in [5, 5.41) is 29.0. The van der Waals surface area contributed by atoms with E-state index in [0.717, 1.165) is 16.7 Å². The molecule has 0 aliphatic carbocycles. The molecule has 3 nitrogen and oxygen atoms in total. The van der Waals surface area contributed by atoms with Crippen LogP contribution in [0.2, 0.25) is 0 Å². The molecule has 0 amide bonds. The van der Waals surface area contributed by atoms with Crippen molar-refractivity contribution in [2.45, 2.75) is 45.8 Å². The molecule has 1 aromatic carbocycles. The van der Waals surface area contributed by atoms with E-state index >= 15 is 0 Å². The Labute approximate surface area is 121 Å². The van der Waals surface area contributed by atoms with Crippen molar-refractivity contribution in [2.24, 2.45) is 5.92 Å². The summed E-state index contributed by atoms with van der Waals surface area (Å²) in [6.45, 7) is 7.52. The fraction of sp³-hybridized carbons (Fsp3) is 0.529. The smallest absolute Gasteiger partial charge is 0.0656 e. The highest BCUT2D eigenvalue weighted by Crippen LogP contribution is 2.29. The van der Waals surface area contributed by atoms with Crippen molar-refractivity contribution in [2.75, 3.05) is 6.61 Å². The molecule has 0 radical (unpaired) electrons. The van der Waals surface area contributed by atoms with Crippen LogP contribution in [0.3, 0.4) is 0 Å². The Morgan fingerprint density at radius 2 is 1.80 bits per heavy atom. The third-order valence-corrected chi connectivity index (χ3v) is 3.95. The molecule has 4 atom stereocenters. The van der Waals surface area contributed by atoms with Crippen molar-refractivity contribution >= 4 is 6.08 Å². The Kier molecular flexibility index (Phi) is 6.40. The minimum atomic E-state index is -0.612. The van der Waals surface area contributed by atoms with E-state index in [1.807, 2.05) is 45.0 Å². The molecular weight excluding hydrogens is 252 g/mol. The van der Waals surface area contributed by atoms with E-state index in [-0.39, 0.29) is 18.4 Å². The molecule has 3 heteroatoms. The predicted molar refractivity (Wildman–Crippen MR) is 82.6 cm³/mol. The van der Waals surface area contributed by atoms with Gasteiger partial charge in [-0.3, -0.25) is 0 Å². The van der Waals surface area contributed by atoms with Gasteiger partial charge in [0.2, 0.25) is 0 Å². The van der Waals surface area contributed by atoms with E-state index < -0.39 is 12.2 Å². The number of aliphatic hydroxyl groups excluding tert-OH is 3. The van der Waals surface area contributed by atoms with Gasteiger partial charge in [0.05, 0.1) is 18.8 Å². The summed E-state index contributed by atoms with van der Waals surface area (Å²) >= 11 is 0.